The van der Waals surface area contributed by atoms with E-state index in [0.29, 0.717) is 18.5 Å². The molecule has 0 spiro atoms. The first kappa shape index (κ1) is 20.8. The third-order valence-corrected chi connectivity index (χ3v) is 6.84. The fraction of sp³-hybridized carbons (Fsp3) is 0.522. The van der Waals surface area contributed by atoms with Gasteiger partial charge >= 0.3 is 6.09 Å². The molecule has 2 aromatic rings. The lowest BCUT2D eigenvalue weighted by molar-refractivity contribution is 0.0236. The number of carbonyl (C=O) groups is 1. The molecule has 2 aliphatic rings. The highest BCUT2D eigenvalue weighted by Gasteiger charge is 2.50. The number of aryl methyl sites for hydroxylation is 1. The third-order valence-electron chi connectivity index (χ3n) is 5.71. The van der Waals surface area contributed by atoms with Gasteiger partial charge in [0, 0.05) is 11.4 Å². The molecule has 1 amide bonds. The van der Waals surface area contributed by atoms with Crippen molar-refractivity contribution in [1.82, 2.24) is 14.9 Å². The molecule has 0 unspecified atom stereocenters. The number of hydrogen-bond acceptors (Lipinski definition) is 5. The van der Waals surface area contributed by atoms with E-state index in [1.165, 1.54) is 4.88 Å². The second kappa shape index (κ2) is 7.38. The Morgan fingerprint density at radius 3 is 2.70 bits per heavy atom. The maximum absolute atomic E-state index is 13.0. The molecule has 6 nitrogen and oxygen atoms in total. The van der Waals surface area contributed by atoms with Gasteiger partial charge in [-0.2, -0.15) is 0 Å². The first-order chi connectivity index (χ1) is 14.1. The van der Waals surface area contributed by atoms with Crippen LogP contribution in [0.3, 0.4) is 0 Å². The maximum atomic E-state index is 13.0. The number of amides is 1. The van der Waals surface area contributed by atoms with Crippen molar-refractivity contribution in [3.63, 3.8) is 0 Å². The van der Waals surface area contributed by atoms with Crippen LogP contribution in [0.4, 0.5) is 4.79 Å². The largest absolute Gasteiger partial charge is 0.444 e. The van der Waals surface area contributed by atoms with Crippen LogP contribution in [-0.4, -0.2) is 33.1 Å². The number of nitrogens with zero attached hydrogens (tertiary/aromatic N) is 2. The second-order valence-corrected chi connectivity index (χ2v) is 10.3. The first-order valence-electron chi connectivity index (χ1n) is 10.4. The van der Waals surface area contributed by atoms with Gasteiger partial charge in [0.25, 0.3) is 5.56 Å². The summed E-state index contributed by atoms with van der Waals surface area (Å²) in [6.07, 6.45) is 3.02. The van der Waals surface area contributed by atoms with E-state index in [1.807, 2.05) is 27.7 Å². The summed E-state index contributed by atoms with van der Waals surface area (Å²) in [4.78, 5) is 36.4. The monoisotopic (exact) mass is 427 g/mol. The zero-order valence-corrected chi connectivity index (χ0v) is 18.9. The minimum atomic E-state index is -0.567. The lowest BCUT2D eigenvalue weighted by Gasteiger charge is -2.26. The molecule has 0 saturated heterocycles. The second-order valence-electron chi connectivity index (χ2n) is 9.41. The highest BCUT2D eigenvalue weighted by atomic mass is 32.1. The van der Waals surface area contributed by atoms with E-state index >= 15 is 0 Å². The van der Waals surface area contributed by atoms with Gasteiger partial charge in [-0.05, 0) is 70.4 Å². The number of aromatic nitrogens is 2. The number of nitrogens with one attached hydrogen (secondary N) is 1. The zero-order chi connectivity index (χ0) is 21.7. The highest BCUT2D eigenvalue weighted by molar-refractivity contribution is 7.10. The number of allylic oxidation sites excluding steroid dienone is 1. The molecule has 1 saturated carbocycles. The summed E-state index contributed by atoms with van der Waals surface area (Å²) in [6.45, 7) is 12.4. The number of thiophene rings is 1. The number of rotatable bonds is 3. The van der Waals surface area contributed by atoms with Gasteiger partial charge in [0.1, 0.15) is 11.4 Å². The van der Waals surface area contributed by atoms with Gasteiger partial charge in [-0.15, -0.1) is 11.3 Å². The molecule has 1 fully saturated rings. The van der Waals surface area contributed by atoms with Crippen LogP contribution in [0.1, 0.15) is 74.5 Å². The number of ether oxygens (including phenoxy) is 1. The molecule has 0 atom stereocenters. The standard InChI is InChI=1S/C23H29N3O3S/c1-14(2)15-11-18(30-13-15)23(8-9-23)20-24-17-7-6-10-26(12-16(17)19(27)25-20)21(28)29-22(3,4)5/h11,13H,1,6-10,12H2,2-5H3,(H,24,25,27). The third kappa shape index (κ3) is 3.95. The van der Waals surface area contributed by atoms with E-state index in [2.05, 4.69) is 23.0 Å². The molecule has 2 aromatic heterocycles. The molecule has 4 rings (SSSR count). The normalized spacial score (nSPS) is 17.8. The molecule has 1 aliphatic carbocycles. The van der Waals surface area contributed by atoms with Crippen molar-refractivity contribution < 1.29 is 9.53 Å². The summed E-state index contributed by atoms with van der Waals surface area (Å²) in [5.74, 6) is 0.757. The van der Waals surface area contributed by atoms with Gasteiger partial charge in [-0.3, -0.25) is 4.79 Å². The summed E-state index contributed by atoms with van der Waals surface area (Å²) in [5.41, 5.74) is 2.67. The SMILES string of the molecule is C=C(C)c1csc(C2(c3nc4c(c(=O)[nH]3)CN(C(=O)OC(C)(C)C)CCC4)CC2)c1. The van der Waals surface area contributed by atoms with Crippen LogP contribution in [0.15, 0.2) is 22.8 Å². The van der Waals surface area contributed by atoms with Gasteiger partial charge < -0.3 is 14.6 Å². The van der Waals surface area contributed by atoms with Crippen molar-refractivity contribution in [1.29, 1.82) is 0 Å². The molecule has 7 heteroatoms. The topological polar surface area (TPSA) is 75.3 Å². The summed E-state index contributed by atoms with van der Waals surface area (Å²) in [7, 11) is 0. The van der Waals surface area contributed by atoms with E-state index in [4.69, 9.17) is 9.72 Å². The average molecular weight is 428 g/mol. The van der Waals surface area contributed by atoms with E-state index in [1.54, 1.807) is 16.2 Å². The smallest absolute Gasteiger partial charge is 0.410 e. The van der Waals surface area contributed by atoms with Crippen LogP contribution in [0, 0.1) is 0 Å². The fourth-order valence-electron chi connectivity index (χ4n) is 3.87. The number of carbonyl (C=O) groups excluding carboxylic acids is 1. The van der Waals surface area contributed by atoms with Crippen LogP contribution in [0.5, 0.6) is 0 Å². The lowest BCUT2D eigenvalue weighted by atomic mass is 10.0. The predicted molar refractivity (Wildman–Crippen MR) is 119 cm³/mol. The molecule has 30 heavy (non-hydrogen) atoms. The van der Waals surface area contributed by atoms with E-state index in [9.17, 15) is 9.59 Å². The van der Waals surface area contributed by atoms with Crippen LogP contribution in [0.2, 0.25) is 0 Å². The Hall–Kier alpha value is -2.41. The Labute approximate surface area is 181 Å². The van der Waals surface area contributed by atoms with E-state index in [0.717, 1.165) is 41.9 Å². The van der Waals surface area contributed by atoms with Crippen molar-refractivity contribution in [3.05, 3.63) is 55.9 Å². The van der Waals surface area contributed by atoms with Crippen molar-refractivity contribution in [3.8, 4) is 0 Å². The van der Waals surface area contributed by atoms with Gasteiger partial charge in [-0.1, -0.05) is 12.2 Å². The van der Waals surface area contributed by atoms with Crippen molar-refractivity contribution in [2.24, 2.45) is 0 Å². The minimum absolute atomic E-state index is 0.145. The van der Waals surface area contributed by atoms with E-state index in [-0.39, 0.29) is 23.6 Å². The molecule has 1 aliphatic heterocycles. The van der Waals surface area contributed by atoms with Gasteiger partial charge in [-0.25, -0.2) is 9.78 Å². The first-order valence-corrected chi connectivity index (χ1v) is 11.3. The Morgan fingerprint density at radius 1 is 1.37 bits per heavy atom. The molecule has 0 bridgehead atoms. The van der Waals surface area contributed by atoms with Crippen molar-refractivity contribution >= 4 is 23.0 Å². The van der Waals surface area contributed by atoms with Crippen molar-refractivity contribution in [2.75, 3.05) is 6.54 Å². The number of H-pyrrole nitrogens is 1. The number of aromatic amines is 1. The van der Waals surface area contributed by atoms with Crippen LogP contribution < -0.4 is 5.56 Å². The fourth-order valence-corrected chi connectivity index (χ4v) is 5.11. The molecule has 1 N–H and O–H groups in total. The number of hydrogen-bond donors (Lipinski definition) is 1. The van der Waals surface area contributed by atoms with Crippen LogP contribution in [0.25, 0.3) is 5.57 Å². The van der Waals surface area contributed by atoms with Gasteiger partial charge in [0.05, 0.1) is 23.2 Å². The summed E-state index contributed by atoms with van der Waals surface area (Å²) in [6, 6.07) is 2.18. The van der Waals surface area contributed by atoms with Gasteiger partial charge in [0.15, 0.2) is 0 Å². The van der Waals surface area contributed by atoms with Crippen LogP contribution >= 0.6 is 11.3 Å². The quantitative estimate of drug-likeness (QED) is 0.775. The molecular weight excluding hydrogens is 398 g/mol. The maximum Gasteiger partial charge on any atom is 0.410 e. The summed E-state index contributed by atoms with van der Waals surface area (Å²) >= 11 is 1.71. The Morgan fingerprint density at radius 2 is 2.10 bits per heavy atom. The number of fused-ring (bicyclic) bond motifs is 1. The zero-order valence-electron chi connectivity index (χ0n) is 18.1. The highest BCUT2D eigenvalue weighted by Crippen LogP contribution is 2.54. The van der Waals surface area contributed by atoms with Crippen molar-refractivity contribution in [2.45, 2.75) is 70.9 Å². The predicted octanol–water partition coefficient (Wildman–Crippen LogP) is 4.63. The Bertz CT molecular complexity index is 1060. The van der Waals surface area contributed by atoms with Crippen LogP contribution in [-0.2, 0) is 23.1 Å². The minimum Gasteiger partial charge on any atom is -0.444 e. The summed E-state index contributed by atoms with van der Waals surface area (Å²) in [5, 5.41) is 2.12. The Balaban J connectivity index is 1.64. The average Bonchev–Trinajstić information content (AvgIpc) is 3.35. The van der Waals surface area contributed by atoms with E-state index < -0.39 is 5.60 Å². The molecule has 3 heterocycles. The molecular formula is C23H29N3O3S. The lowest BCUT2D eigenvalue weighted by Crippen LogP contribution is -2.37. The Kier molecular flexibility index (Phi) is 5.12. The molecule has 0 radical (unpaired) electrons. The van der Waals surface area contributed by atoms with Gasteiger partial charge in [0.2, 0.25) is 0 Å². The molecule has 0 aromatic carbocycles. The summed E-state index contributed by atoms with van der Waals surface area (Å²) < 4.78 is 5.50. The molecule has 160 valence electrons.